The molecule has 2 aromatic carbocycles. The zero-order valence-electron chi connectivity index (χ0n) is 16.9. The van der Waals surface area contributed by atoms with Gasteiger partial charge in [0.15, 0.2) is 0 Å². The van der Waals surface area contributed by atoms with E-state index in [2.05, 4.69) is 4.57 Å². The van der Waals surface area contributed by atoms with Crippen LogP contribution in [0.1, 0.15) is 17.7 Å². The third-order valence-corrected chi connectivity index (χ3v) is 7.80. The lowest BCUT2D eigenvalue weighted by molar-refractivity contribution is -0.136. The van der Waals surface area contributed by atoms with Gasteiger partial charge >= 0.3 is 5.97 Å². The Morgan fingerprint density at radius 3 is 2.57 bits per heavy atom. The third kappa shape index (κ3) is 3.46. The lowest BCUT2D eigenvalue weighted by Crippen LogP contribution is -2.42. The van der Waals surface area contributed by atoms with Gasteiger partial charge in [-0.2, -0.15) is 4.31 Å². The summed E-state index contributed by atoms with van der Waals surface area (Å²) in [6.45, 7) is 0.487. The number of carbonyl (C=O) groups is 1. The second-order valence-corrected chi connectivity index (χ2v) is 9.51. The van der Waals surface area contributed by atoms with Crippen LogP contribution >= 0.6 is 0 Å². The summed E-state index contributed by atoms with van der Waals surface area (Å²) in [5.41, 5.74) is 2.77. The van der Waals surface area contributed by atoms with Gasteiger partial charge in [-0.25, -0.2) is 8.42 Å². The van der Waals surface area contributed by atoms with E-state index in [1.54, 1.807) is 31.3 Å². The Bertz CT molecular complexity index is 1200. The third-order valence-electron chi connectivity index (χ3n) is 5.88. The van der Waals surface area contributed by atoms with Crippen LogP contribution in [0.3, 0.4) is 0 Å². The van der Waals surface area contributed by atoms with Gasteiger partial charge in [-0.3, -0.25) is 4.79 Å². The minimum Gasteiger partial charge on any atom is -0.497 e. The average Bonchev–Trinajstić information content (AvgIpc) is 3.06. The van der Waals surface area contributed by atoms with Crippen molar-refractivity contribution in [2.24, 2.45) is 0 Å². The maximum Gasteiger partial charge on any atom is 0.307 e. The molecule has 2 heterocycles. The van der Waals surface area contributed by atoms with Crippen LogP contribution in [0.25, 0.3) is 10.9 Å². The molecule has 0 bridgehead atoms. The summed E-state index contributed by atoms with van der Waals surface area (Å²) in [7, 11) is -0.514. The van der Waals surface area contributed by atoms with E-state index >= 15 is 0 Å². The molecule has 0 unspecified atom stereocenters. The fourth-order valence-corrected chi connectivity index (χ4v) is 5.66. The van der Waals surface area contributed by atoms with Crippen LogP contribution in [0.5, 0.6) is 5.75 Å². The Labute approximate surface area is 175 Å². The summed E-state index contributed by atoms with van der Waals surface area (Å²) in [6, 6.07) is 13.9. The van der Waals surface area contributed by atoms with Gasteiger partial charge in [-0.1, -0.05) is 18.2 Å². The van der Waals surface area contributed by atoms with Gasteiger partial charge in [0.1, 0.15) is 5.75 Å². The second kappa shape index (κ2) is 7.77. The van der Waals surface area contributed by atoms with Crippen molar-refractivity contribution >= 4 is 26.9 Å². The molecule has 0 amide bonds. The first-order valence-electron chi connectivity index (χ1n) is 9.75. The van der Waals surface area contributed by atoms with Crippen molar-refractivity contribution in [1.29, 1.82) is 0 Å². The maximum atomic E-state index is 13.2. The number of nitrogens with zero attached hydrogens (tertiary/aromatic N) is 2. The van der Waals surface area contributed by atoms with E-state index < -0.39 is 16.0 Å². The van der Waals surface area contributed by atoms with Crippen molar-refractivity contribution in [3.8, 4) is 5.75 Å². The smallest absolute Gasteiger partial charge is 0.307 e. The molecule has 1 aliphatic heterocycles. The minimum absolute atomic E-state index is 0.0342. The van der Waals surface area contributed by atoms with Gasteiger partial charge < -0.3 is 14.4 Å². The number of ether oxygens (including phenoxy) is 1. The van der Waals surface area contributed by atoms with Crippen molar-refractivity contribution in [3.05, 3.63) is 59.8 Å². The number of hydrogen-bond donors (Lipinski definition) is 1. The summed E-state index contributed by atoms with van der Waals surface area (Å²) in [5, 5.41) is 10.3. The molecular weight excluding hydrogens is 404 g/mol. The lowest BCUT2D eigenvalue weighted by atomic mass is 10.0. The molecule has 1 N–H and O–H groups in total. The standard InChI is InChI=1S/C22H24N2O5S/c1-23(30(27,28)17-10-8-16(29-2)9-11-17)15-7-12-21-19(13-22(25)26)18-5-3-4-6-20(18)24(21)14-15/h3-6,8-11,15H,7,12-14H2,1-2H3,(H,25,26)/t15-/m1/s1. The van der Waals surface area contributed by atoms with Gasteiger partial charge in [-0.15, -0.1) is 0 Å². The van der Waals surface area contributed by atoms with Crippen LogP contribution in [0.4, 0.5) is 0 Å². The number of benzene rings is 2. The Balaban J connectivity index is 1.67. The highest BCUT2D eigenvalue weighted by atomic mass is 32.2. The number of fused-ring (bicyclic) bond motifs is 3. The zero-order valence-corrected chi connectivity index (χ0v) is 17.7. The van der Waals surface area contributed by atoms with Crippen LogP contribution < -0.4 is 4.74 Å². The van der Waals surface area contributed by atoms with E-state index in [0.29, 0.717) is 25.1 Å². The highest BCUT2D eigenvalue weighted by molar-refractivity contribution is 7.89. The topological polar surface area (TPSA) is 88.8 Å². The molecule has 0 spiro atoms. The first kappa shape index (κ1) is 20.4. The van der Waals surface area contributed by atoms with E-state index in [4.69, 9.17) is 4.74 Å². The van der Waals surface area contributed by atoms with E-state index in [1.807, 2.05) is 24.3 Å². The first-order valence-corrected chi connectivity index (χ1v) is 11.2. The summed E-state index contributed by atoms with van der Waals surface area (Å²) in [4.78, 5) is 11.6. The number of carboxylic acid groups (broad SMARTS) is 1. The SMILES string of the molecule is COc1ccc(S(=O)(=O)N(C)[C@@H]2CCc3c(CC(=O)O)c4ccccc4n3C2)cc1. The molecule has 0 saturated carbocycles. The summed E-state index contributed by atoms with van der Waals surface area (Å²) in [6.07, 6.45) is 1.23. The number of aromatic nitrogens is 1. The molecule has 1 atom stereocenters. The molecule has 30 heavy (non-hydrogen) atoms. The number of carboxylic acids is 1. The molecule has 1 aromatic heterocycles. The molecular formula is C22H24N2O5S. The summed E-state index contributed by atoms with van der Waals surface area (Å²) >= 11 is 0. The Kier molecular flexibility index (Phi) is 5.29. The number of likely N-dealkylation sites (N-methyl/N-ethyl adjacent to an activating group) is 1. The predicted molar refractivity (Wildman–Crippen MR) is 113 cm³/mol. The molecule has 158 valence electrons. The van der Waals surface area contributed by atoms with Crippen molar-refractivity contribution in [2.45, 2.75) is 36.7 Å². The van der Waals surface area contributed by atoms with Gasteiger partial charge in [0, 0.05) is 36.2 Å². The van der Waals surface area contributed by atoms with Crippen molar-refractivity contribution in [2.75, 3.05) is 14.2 Å². The molecule has 0 fully saturated rings. The molecule has 7 nitrogen and oxygen atoms in total. The number of aliphatic carboxylic acids is 1. The van der Waals surface area contributed by atoms with E-state index in [0.717, 1.165) is 22.2 Å². The molecule has 0 saturated heterocycles. The van der Waals surface area contributed by atoms with Crippen LogP contribution in [0.2, 0.25) is 0 Å². The highest BCUT2D eigenvalue weighted by Crippen LogP contribution is 2.33. The molecule has 4 rings (SSSR count). The molecule has 0 aliphatic carbocycles. The normalized spacial score (nSPS) is 16.6. The number of hydrogen-bond acceptors (Lipinski definition) is 4. The molecule has 8 heteroatoms. The Morgan fingerprint density at radius 2 is 1.90 bits per heavy atom. The Hall–Kier alpha value is -2.84. The average molecular weight is 429 g/mol. The lowest BCUT2D eigenvalue weighted by Gasteiger charge is -2.32. The van der Waals surface area contributed by atoms with Crippen LogP contribution in [0.15, 0.2) is 53.4 Å². The Morgan fingerprint density at radius 1 is 1.20 bits per heavy atom. The van der Waals surface area contributed by atoms with Gasteiger partial charge in [-0.05, 0) is 48.7 Å². The zero-order chi connectivity index (χ0) is 21.5. The van der Waals surface area contributed by atoms with Crippen LogP contribution in [-0.4, -0.2) is 48.6 Å². The molecule has 0 radical (unpaired) electrons. The highest BCUT2D eigenvalue weighted by Gasteiger charge is 2.33. The monoisotopic (exact) mass is 428 g/mol. The maximum absolute atomic E-state index is 13.2. The second-order valence-electron chi connectivity index (χ2n) is 7.51. The van der Waals surface area contributed by atoms with Crippen LogP contribution in [-0.2, 0) is 34.2 Å². The fourth-order valence-electron chi connectivity index (χ4n) is 4.28. The summed E-state index contributed by atoms with van der Waals surface area (Å²) < 4.78 is 34.9. The quantitative estimate of drug-likeness (QED) is 0.652. The van der Waals surface area contributed by atoms with Gasteiger partial charge in [0.2, 0.25) is 10.0 Å². The largest absolute Gasteiger partial charge is 0.497 e. The van der Waals surface area contributed by atoms with Crippen molar-refractivity contribution in [1.82, 2.24) is 8.87 Å². The van der Waals surface area contributed by atoms with E-state index in [9.17, 15) is 18.3 Å². The number of methoxy groups -OCH3 is 1. The van der Waals surface area contributed by atoms with E-state index in [-0.39, 0.29) is 17.4 Å². The van der Waals surface area contributed by atoms with Gasteiger partial charge in [0.25, 0.3) is 0 Å². The number of rotatable bonds is 6. The van der Waals surface area contributed by atoms with E-state index in [1.165, 1.54) is 11.4 Å². The summed E-state index contributed by atoms with van der Waals surface area (Å²) in [5.74, 6) is -0.265. The molecule has 3 aromatic rings. The van der Waals surface area contributed by atoms with Crippen LogP contribution in [0, 0.1) is 0 Å². The van der Waals surface area contributed by atoms with Gasteiger partial charge in [0.05, 0.1) is 18.4 Å². The predicted octanol–water partition coefficient (Wildman–Crippen LogP) is 2.91. The first-order chi connectivity index (χ1) is 14.3. The molecule has 1 aliphatic rings. The number of sulfonamides is 1. The minimum atomic E-state index is -3.66. The number of para-hydroxylation sites is 1. The fraction of sp³-hybridized carbons (Fsp3) is 0.318. The van der Waals surface area contributed by atoms with Crippen molar-refractivity contribution < 1.29 is 23.1 Å². The van der Waals surface area contributed by atoms with Crippen molar-refractivity contribution in [3.63, 3.8) is 0 Å².